The van der Waals surface area contributed by atoms with Crippen molar-refractivity contribution in [3.63, 3.8) is 0 Å². The second-order valence-electron chi connectivity index (χ2n) is 5.80. The molecule has 1 aromatic rings. The summed E-state index contributed by atoms with van der Waals surface area (Å²) in [6.45, 7) is 7.07. The van der Waals surface area contributed by atoms with Crippen LogP contribution in [0.2, 0.25) is 0 Å². The predicted octanol–water partition coefficient (Wildman–Crippen LogP) is 3.65. The predicted molar refractivity (Wildman–Crippen MR) is 74.2 cm³/mol. The maximum absolute atomic E-state index is 4.61. The first kappa shape index (κ1) is 13.0. The van der Waals surface area contributed by atoms with E-state index in [1.54, 1.807) is 11.3 Å². The number of nitrogens with one attached hydrogen (secondary N) is 1. The van der Waals surface area contributed by atoms with Gasteiger partial charge in [-0.1, -0.05) is 27.2 Å². The van der Waals surface area contributed by atoms with Crippen LogP contribution >= 0.6 is 11.3 Å². The molecule has 0 bridgehead atoms. The van der Waals surface area contributed by atoms with Crippen molar-refractivity contribution in [3.8, 4) is 0 Å². The monoisotopic (exact) mass is 252 g/mol. The molecule has 0 aromatic carbocycles. The Morgan fingerprint density at radius 2 is 2.24 bits per heavy atom. The van der Waals surface area contributed by atoms with Crippen LogP contribution in [0.5, 0.6) is 0 Å². The van der Waals surface area contributed by atoms with Gasteiger partial charge in [0, 0.05) is 11.6 Å². The lowest BCUT2D eigenvalue weighted by Gasteiger charge is -2.47. The molecule has 0 radical (unpaired) electrons. The van der Waals surface area contributed by atoms with E-state index in [2.05, 4.69) is 43.5 Å². The molecular formula is C14H24N2S. The molecule has 1 fully saturated rings. The van der Waals surface area contributed by atoms with E-state index in [9.17, 15) is 0 Å². The second kappa shape index (κ2) is 5.07. The quantitative estimate of drug-likeness (QED) is 0.888. The third kappa shape index (κ3) is 2.27. The lowest BCUT2D eigenvalue weighted by Crippen LogP contribution is -2.52. The fraction of sp³-hybridized carbons (Fsp3) is 0.786. The van der Waals surface area contributed by atoms with E-state index in [-0.39, 0.29) is 5.54 Å². The van der Waals surface area contributed by atoms with Crippen molar-refractivity contribution in [2.45, 2.75) is 45.6 Å². The standard InChI is InChI=1S/C14H24N2S/c1-10(2)12-6-5-11(3)9-14(12,15-4)13-16-7-8-17-13/h7-8,10-12,15H,5-6,9H2,1-4H3. The van der Waals surface area contributed by atoms with Crippen LogP contribution in [-0.4, -0.2) is 12.0 Å². The molecule has 1 N–H and O–H groups in total. The molecule has 3 heteroatoms. The first-order chi connectivity index (χ1) is 8.10. The third-order valence-corrected chi connectivity index (χ3v) is 5.29. The first-order valence-corrected chi connectivity index (χ1v) is 7.57. The van der Waals surface area contributed by atoms with Crippen LogP contribution in [0, 0.1) is 17.8 Å². The maximum atomic E-state index is 4.61. The van der Waals surface area contributed by atoms with Gasteiger partial charge in [0.05, 0.1) is 5.54 Å². The summed E-state index contributed by atoms with van der Waals surface area (Å²) in [6, 6.07) is 0. The highest BCUT2D eigenvalue weighted by atomic mass is 32.1. The van der Waals surface area contributed by atoms with Gasteiger partial charge in [0.15, 0.2) is 0 Å². The smallest absolute Gasteiger partial charge is 0.113 e. The molecule has 3 unspecified atom stereocenters. The number of nitrogens with zero attached hydrogens (tertiary/aromatic N) is 1. The van der Waals surface area contributed by atoms with E-state index in [1.165, 1.54) is 24.3 Å². The van der Waals surface area contributed by atoms with Gasteiger partial charge in [-0.2, -0.15) is 0 Å². The summed E-state index contributed by atoms with van der Waals surface area (Å²) in [5.74, 6) is 2.20. The van der Waals surface area contributed by atoms with E-state index in [4.69, 9.17) is 0 Å². The van der Waals surface area contributed by atoms with Crippen LogP contribution in [0.25, 0.3) is 0 Å². The molecule has 2 rings (SSSR count). The number of rotatable bonds is 3. The molecule has 1 heterocycles. The summed E-state index contributed by atoms with van der Waals surface area (Å²) < 4.78 is 0. The average Bonchev–Trinajstić information content (AvgIpc) is 2.81. The molecule has 0 amide bonds. The summed E-state index contributed by atoms with van der Waals surface area (Å²) in [5.41, 5.74) is 0.111. The molecule has 17 heavy (non-hydrogen) atoms. The first-order valence-electron chi connectivity index (χ1n) is 6.69. The molecular weight excluding hydrogens is 228 g/mol. The highest BCUT2D eigenvalue weighted by Gasteiger charge is 2.46. The Morgan fingerprint density at radius 3 is 2.76 bits per heavy atom. The van der Waals surface area contributed by atoms with E-state index in [1.807, 2.05) is 6.20 Å². The van der Waals surface area contributed by atoms with Crippen molar-refractivity contribution < 1.29 is 0 Å². The van der Waals surface area contributed by atoms with Crippen molar-refractivity contribution in [1.29, 1.82) is 0 Å². The van der Waals surface area contributed by atoms with E-state index < -0.39 is 0 Å². The van der Waals surface area contributed by atoms with Gasteiger partial charge in [-0.15, -0.1) is 11.3 Å². The zero-order valence-electron chi connectivity index (χ0n) is 11.4. The minimum atomic E-state index is 0.111. The fourth-order valence-electron chi connectivity index (χ4n) is 3.50. The lowest BCUT2D eigenvalue weighted by atomic mass is 9.65. The minimum absolute atomic E-state index is 0.111. The molecule has 1 saturated carbocycles. The summed E-state index contributed by atoms with van der Waals surface area (Å²) >= 11 is 1.80. The van der Waals surface area contributed by atoms with Crippen LogP contribution in [0.4, 0.5) is 0 Å². The SMILES string of the molecule is CNC1(c2nccs2)CC(C)CCC1C(C)C. The molecule has 1 aliphatic rings. The Kier molecular flexibility index (Phi) is 3.88. The highest BCUT2D eigenvalue weighted by Crippen LogP contribution is 2.47. The van der Waals surface area contributed by atoms with E-state index in [0.717, 1.165) is 5.92 Å². The second-order valence-corrected chi connectivity index (χ2v) is 6.69. The summed E-state index contributed by atoms with van der Waals surface area (Å²) in [4.78, 5) is 4.61. The van der Waals surface area contributed by atoms with Crippen LogP contribution in [-0.2, 0) is 5.54 Å². The van der Waals surface area contributed by atoms with E-state index >= 15 is 0 Å². The van der Waals surface area contributed by atoms with Gasteiger partial charge in [0.25, 0.3) is 0 Å². The highest BCUT2D eigenvalue weighted by molar-refractivity contribution is 7.09. The molecule has 96 valence electrons. The Morgan fingerprint density at radius 1 is 1.47 bits per heavy atom. The van der Waals surface area contributed by atoms with Gasteiger partial charge in [-0.3, -0.25) is 0 Å². The van der Waals surface area contributed by atoms with Crippen molar-refractivity contribution in [2.75, 3.05) is 7.05 Å². The van der Waals surface area contributed by atoms with Crippen molar-refractivity contribution >= 4 is 11.3 Å². The number of thiazole rings is 1. The molecule has 0 spiro atoms. The van der Waals surface area contributed by atoms with Crippen molar-refractivity contribution in [1.82, 2.24) is 10.3 Å². The summed E-state index contributed by atoms with van der Waals surface area (Å²) in [7, 11) is 2.11. The van der Waals surface area contributed by atoms with E-state index in [0.29, 0.717) is 11.8 Å². The number of hydrogen-bond acceptors (Lipinski definition) is 3. The van der Waals surface area contributed by atoms with Gasteiger partial charge in [0.1, 0.15) is 5.01 Å². The van der Waals surface area contributed by atoms with Gasteiger partial charge in [0.2, 0.25) is 0 Å². The van der Waals surface area contributed by atoms with Crippen molar-refractivity contribution in [2.24, 2.45) is 17.8 Å². The number of hydrogen-bond donors (Lipinski definition) is 1. The lowest BCUT2D eigenvalue weighted by molar-refractivity contribution is 0.0794. The van der Waals surface area contributed by atoms with Crippen LogP contribution in [0.15, 0.2) is 11.6 Å². The zero-order valence-corrected chi connectivity index (χ0v) is 12.2. The molecule has 0 aliphatic heterocycles. The van der Waals surface area contributed by atoms with Gasteiger partial charge >= 0.3 is 0 Å². The summed E-state index contributed by atoms with van der Waals surface area (Å²) in [5, 5.41) is 7.01. The average molecular weight is 252 g/mol. The summed E-state index contributed by atoms with van der Waals surface area (Å²) in [6.07, 6.45) is 5.84. The van der Waals surface area contributed by atoms with Gasteiger partial charge < -0.3 is 5.32 Å². The molecule has 2 nitrogen and oxygen atoms in total. The van der Waals surface area contributed by atoms with Gasteiger partial charge in [-0.25, -0.2) is 4.98 Å². The van der Waals surface area contributed by atoms with Crippen LogP contribution < -0.4 is 5.32 Å². The largest absolute Gasteiger partial charge is 0.308 e. The molecule has 0 saturated heterocycles. The van der Waals surface area contributed by atoms with Crippen LogP contribution in [0.3, 0.4) is 0 Å². The Hall–Kier alpha value is -0.410. The Labute approximate surface area is 109 Å². The zero-order chi connectivity index (χ0) is 12.5. The molecule has 1 aromatic heterocycles. The maximum Gasteiger partial charge on any atom is 0.113 e. The van der Waals surface area contributed by atoms with Crippen LogP contribution in [0.1, 0.15) is 45.0 Å². The molecule has 1 aliphatic carbocycles. The van der Waals surface area contributed by atoms with Gasteiger partial charge in [-0.05, 0) is 37.6 Å². The normalized spacial score (nSPS) is 34.2. The Bertz CT molecular complexity index is 347. The molecule has 3 atom stereocenters. The number of aromatic nitrogens is 1. The van der Waals surface area contributed by atoms with Crippen molar-refractivity contribution in [3.05, 3.63) is 16.6 Å². The Balaban J connectivity index is 2.39. The fourth-order valence-corrected chi connectivity index (χ4v) is 4.42. The topological polar surface area (TPSA) is 24.9 Å². The minimum Gasteiger partial charge on any atom is -0.308 e. The third-order valence-electron chi connectivity index (χ3n) is 4.34.